The Labute approximate surface area is 124 Å². The Balaban J connectivity index is 1.67. The van der Waals surface area contributed by atoms with E-state index >= 15 is 0 Å². The molecular formula is C15H23N3O3. The second-order valence-corrected chi connectivity index (χ2v) is 6.79. The molecule has 6 heteroatoms. The summed E-state index contributed by atoms with van der Waals surface area (Å²) in [5, 5.41) is 3.72. The molecule has 4 amide bonds. The minimum atomic E-state index is -0.785. The van der Waals surface area contributed by atoms with Crippen LogP contribution in [0.3, 0.4) is 0 Å². The standard InChI is InChI=1S/C15H23N3O3/c1-10-6-8-15(9-7-10)13(20)18(14(21)16-15)17-12(19)11-4-2-3-5-11/h10-11H,2-9H2,1H3,(H,16,21)(H,17,19). The van der Waals surface area contributed by atoms with E-state index in [-0.39, 0.29) is 17.7 Å². The molecule has 116 valence electrons. The first-order valence-electron chi connectivity index (χ1n) is 7.99. The topological polar surface area (TPSA) is 78.5 Å². The molecule has 2 saturated carbocycles. The van der Waals surface area contributed by atoms with Crippen LogP contribution in [0.1, 0.15) is 58.3 Å². The fraction of sp³-hybridized carbons (Fsp3) is 0.800. The van der Waals surface area contributed by atoms with Gasteiger partial charge in [-0.1, -0.05) is 19.8 Å². The van der Waals surface area contributed by atoms with Gasteiger partial charge in [0, 0.05) is 5.92 Å². The zero-order chi connectivity index (χ0) is 15.0. The molecule has 0 atom stereocenters. The van der Waals surface area contributed by atoms with Gasteiger partial charge in [-0.25, -0.2) is 4.79 Å². The molecule has 1 saturated heterocycles. The Kier molecular flexibility index (Phi) is 3.63. The van der Waals surface area contributed by atoms with Gasteiger partial charge in [0.2, 0.25) is 5.91 Å². The van der Waals surface area contributed by atoms with Gasteiger partial charge in [-0.05, 0) is 44.4 Å². The molecule has 1 aliphatic heterocycles. The van der Waals surface area contributed by atoms with Gasteiger partial charge in [-0.3, -0.25) is 15.0 Å². The monoisotopic (exact) mass is 293 g/mol. The van der Waals surface area contributed by atoms with Gasteiger partial charge in [-0.15, -0.1) is 0 Å². The summed E-state index contributed by atoms with van der Waals surface area (Å²) in [7, 11) is 0. The molecular weight excluding hydrogens is 270 g/mol. The summed E-state index contributed by atoms with van der Waals surface area (Å²) in [4.78, 5) is 36.8. The lowest BCUT2D eigenvalue weighted by molar-refractivity contribution is -0.141. The minimum absolute atomic E-state index is 0.0615. The van der Waals surface area contributed by atoms with Crippen molar-refractivity contribution in [3.63, 3.8) is 0 Å². The lowest BCUT2D eigenvalue weighted by Gasteiger charge is -2.33. The van der Waals surface area contributed by atoms with Crippen LogP contribution in [0.25, 0.3) is 0 Å². The molecule has 0 aromatic rings. The Morgan fingerprint density at radius 2 is 1.81 bits per heavy atom. The Morgan fingerprint density at radius 3 is 2.43 bits per heavy atom. The second kappa shape index (κ2) is 5.31. The molecule has 3 aliphatic rings. The van der Waals surface area contributed by atoms with Crippen LogP contribution >= 0.6 is 0 Å². The first-order chi connectivity index (χ1) is 10.0. The normalized spacial score (nSPS) is 33.6. The fourth-order valence-corrected chi connectivity index (χ4v) is 3.71. The van der Waals surface area contributed by atoms with Crippen molar-refractivity contribution in [3.05, 3.63) is 0 Å². The number of nitrogens with zero attached hydrogens (tertiary/aromatic N) is 1. The van der Waals surface area contributed by atoms with Crippen LogP contribution in [0.15, 0.2) is 0 Å². The summed E-state index contributed by atoms with van der Waals surface area (Å²) in [6.45, 7) is 2.16. The van der Waals surface area contributed by atoms with Crippen molar-refractivity contribution in [2.75, 3.05) is 0 Å². The van der Waals surface area contributed by atoms with Crippen LogP contribution in [-0.2, 0) is 9.59 Å². The third-order valence-corrected chi connectivity index (χ3v) is 5.24. The highest BCUT2D eigenvalue weighted by atomic mass is 16.2. The molecule has 6 nitrogen and oxygen atoms in total. The third-order valence-electron chi connectivity index (χ3n) is 5.24. The lowest BCUT2D eigenvalue weighted by Crippen LogP contribution is -2.52. The van der Waals surface area contributed by atoms with Gasteiger partial charge in [0.15, 0.2) is 0 Å². The van der Waals surface area contributed by atoms with Crippen molar-refractivity contribution >= 4 is 17.8 Å². The molecule has 3 fully saturated rings. The van der Waals surface area contributed by atoms with Crippen LogP contribution in [0.4, 0.5) is 4.79 Å². The van der Waals surface area contributed by atoms with Crippen LogP contribution in [0, 0.1) is 11.8 Å². The quantitative estimate of drug-likeness (QED) is 0.761. The lowest BCUT2D eigenvalue weighted by atomic mass is 9.77. The predicted octanol–water partition coefficient (Wildman–Crippen LogP) is 1.71. The highest BCUT2D eigenvalue weighted by molar-refractivity contribution is 6.08. The second-order valence-electron chi connectivity index (χ2n) is 6.79. The summed E-state index contributed by atoms with van der Waals surface area (Å²) in [6.07, 6.45) is 6.95. The number of carbonyl (C=O) groups excluding carboxylic acids is 3. The van der Waals surface area contributed by atoms with E-state index in [1.807, 2.05) is 0 Å². The number of hydrogen-bond acceptors (Lipinski definition) is 3. The number of nitrogens with one attached hydrogen (secondary N) is 2. The molecule has 0 radical (unpaired) electrons. The smallest absolute Gasteiger partial charge is 0.322 e. The zero-order valence-electron chi connectivity index (χ0n) is 12.5. The Hall–Kier alpha value is -1.59. The van der Waals surface area contributed by atoms with Crippen LogP contribution < -0.4 is 10.7 Å². The average molecular weight is 293 g/mol. The van der Waals surface area contributed by atoms with E-state index in [0.29, 0.717) is 18.8 Å². The highest BCUT2D eigenvalue weighted by Gasteiger charge is 2.53. The van der Waals surface area contributed by atoms with E-state index in [2.05, 4.69) is 17.7 Å². The van der Waals surface area contributed by atoms with E-state index in [1.165, 1.54) is 0 Å². The molecule has 0 bridgehead atoms. The number of rotatable bonds is 2. The zero-order valence-corrected chi connectivity index (χ0v) is 12.5. The van der Waals surface area contributed by atoms with Crippen molar-refractivity contribution in [2.45, 2.75) is 63.8 Å². The van der Waals surface area contributed by atoms with Crippen LogP contribution in [-0.4, -0.2) is 28.4 Å². The van der Waals surface area contributed by atoms with Gasteiger partial charge >= 0.3 is 6.03 Å². The minimum Gasteiger partial charge on any atom is -0.322 e. The largest absolute Gasteiger partial charge is 0.344 e. The molecule has 3 rings (SSSR count). The van der Waals surface area contributed by atoms with Gasteiger partial charge in [0.1, 0.15) is 5.54 Å². The molecule has 1 spiro atoms. The molecule has 0 aromatic heterocycles. The van der Waals surface area contributed by atoms with E-state index in [0.717, 1.165) is 43.5 Å². The third kappa shape index (κ3) is 2.51. The highest BCUT2D eigenvalue weighted by Crippen LogP contribution is 2.36. The maximum Gasteiger partial charge on any atom is 0.344 e. The number of amides is 4. The van der Waals surface area contributed by atoms with Crippen molar-refractivity contribution in [1.29, 1.82) is 0 Å². The fourth-order valence-electron chi connectivity index (χ4n) is 3.71. The molecule has 2 aliphatic carbocycles. The van der Waals surface area contributed by atoms with E-state index in [4.69, 9.17) is 0 Å². The van der Waals surface area contributed by atoms with Crippen molar-refractivity contribution in [1.82, 2.24) is 15.8 Å². The van der Waals surface area contributed by atoms with Crippen LogP contribution in [0.5, 0.6) is 0 Å². The molecule has 21 heavy (non-hydrogen) atoms. The number of urea groups is 1. The summed E-state index contributed by atoms with van der Waals surface area (Å²) in [6, 6.07) is -0.485. The van der Waals surface area contributed by atoms with Crippen molar-refractivity contribution < 1.29 is 14.4 Å². The first kappa shape index (κ1) is 14.4. The summed E-state index contributed by atoms with van der Waals surface area (Å²) in [5.41, 5.74) is 1.75. The number of hydrazine groups is 1. The molecule has 0 unspecified atom stereocenters. The van der Waals surface area contributed by atoms with Gasteiger partial charge in [-0.2, -0.15) is 5.01 Å². The van der Waals surface area contributed by atoms with Gasteiger partial charge < -0.3 is 5.32 Å². The molecule has 1 heterocycles. The van der Waals surface area contributed by atoms with Crippen molar-refractivity contribution in [2.24, 2.45) is 11.8 Å². The SMILES string of the molecule is CC1CCC2(CC1)NC(=O)N(NC(=O)C1CCCC1)C2=O. The molecule has 2 N–H and O–H groups in total. The Bertz CT molecular complexity index is 463. The summed E-state index contributed by atoms with van der Waals surface area (Å²) in [5.74, 6) is 0.0407. The number of hydrogen-bond donors (Lipinski definition) is 2. The van der Waals surface area contributed by atoms with Crippen molar-refractivity contribution in [3.8, 4) is 0 Å². The Morgan fingerprint density at radius 1 is 1.19 bits per heavy atom. The maximum atomic E-state index is 12.6. The van der Waals surface area contributed by atoms with E-state index < -0.39 is 11.6 Å². The van der Waals surface area contributed by atoms with Gasteiger partial charge in [0.05, 0.1) is 0 Å². The number of carbonyl (C=O) groups is 3. The van der Waals surface area contributed by atoms with Gasteiger partial charge in [0.25, 0.3) is 5.91 Å². The average Bonchev–Trinajstić information content (AvgIpc) is 3.06. The number of imide groups is 1. The predicted molar refractivity (Wildman–Crippen MR) is 75.8 cm³/mol. The summed E-state index contributed by atoms with van der Waals surface area (Å²) >= 11 is 0. The van der Waals surface area contributed by atoms with Crippen LogP contribution in [0.2, 0.25) is 0 Å². The van der Waals surface area contributed by atoms with E-state index in [9.17, 15) is 14.4 Å². The maximum absolute atomic E-state index is 12.6. The first-order valence-corrected chi connectivity index (χ1v) is 7.99. The van der Waals surface area contributed by atoms with E-state index in [1.54, 1.807) is 0 Å². The molecule has 0 aromatic carbocycles. The summed E-state index contributed by atoms with van der Waals surface area (Å²) < 4.78 is 0.